The molecule has 0 saturated heterocycles. The summed E-state index contributed by atoms with van der Waals surface area (Å²) in [5.41, 5.74) is 8.18. The smallest absolute Gasteiger partial charge is 0.254 e. The average Bonchev–Trinajstić information content (AvgIpc) is 2.61. The first-order valence-electron chi connectivity index (χ1n) is 7.82. The van der Waals surface area contributed by atoms with E-state index in [2.05, 4.69) is 16.4 Å². The molecule has 0 saturated carbocycles. The number of rotatable bonds is 4. The lowest BCUT2D eigenvalue weighted by Gasteiger charge is -2.24. The van der Waals surface area contributed by atoms with E-state index in [0.717, 1.165) is 24.8 Å². The number of hydrogen-bond donors (Lipinski definition) is 2. The van der Waals surface area contributed by atoms with Gasteiger partial charge in [0.2, 0.25) is 11.8 Å². The van der Waals surface area contributed by atoms with Crippen molar-refractivity contribution in [2.24, 2.45) is 5.73 Å². The van der Waals surface area contributed by atoms with Gasteiger partial charge in [-0.15, -0.1) is 0 Å². The normalized spacial score (nSPS) is 16.1. The minimum Gasteiger partial charge on any atom is -0.480 e. The minimum absolute atomic E-state index is 0.107. The first kappa shape index (κ1) is 16.0. The lowest BCUT2D eigenvalue weighted by Crippen LogP contribution is -2.25. The molecule has 6 heteroatoms. The third kappa shape index (κ3) is 3.08. The SMILES string of the molecule is COc1ncc(NC(=O)C2CCCc3ccccc32)cc1C(N)=O. The Morgan fingerprint density at radius 2 is 2.12 bits per heavy atom. The Hall–Kier alpha value is -2.89. The highest BCUT2D eigenvalue weighted by molar-refractivity contribution is 5.99. The van der Waals surface area contributed by atoms with E-state index in [-0.39, 0.29) is 23.3 Å². The van der Waals surface area contributed by atoms with Crippen LogP contribution in [0.2, 0.25) is 0 Å². The molecule has 2 aromatic rings. The number of anilines is 1. The molecule has 24 heavy (non-hydrogen) atoms. The number of fused-ring (bicyclic) bond motifs is 1. The maximum atomic E-state index is 12.7. The van der Waals surface area contributed by atoms with Crippen LogP contribution in [0.5, 0.6) is 5.88 Å². The molecule has 1 heterocycles. The van der Waals surface area contributed by atoms with Crippen molar-refractivity contribution in [3.63, 3.8) is 0 Å². The van der Waals surface area contributed by atoms with Gasteiger partial charge in [-0.1, -0.05) is 24.3 Å². The molecular formula is C18H19N3O3. The van der Waals surface area contributed by atoms with Crippen LogP contribution in [0.1, 0.15) is 40.2 Å². The van der Waals surface area contributed by atoms with Crippen molar-refractivity contribution >= 4 is 17.5 Å². The van der Waals surface area contributed by atoms with Gasteiger partial charge in [0.1, 0.15) is 5.56 Å². The van der Waals surface area contributed by atoms with Crippen molar-refractivity contribution in [2.45, 2.75) is 25.2 Å². The summed E-state index contributed by atoms with van der Waals surface area (Å²) in [6.07, 6.45) is 4.23. The predicted octanol–water partition coefficient (Wildman–Crippen LogP) is 2.25. The zero-order valence-corrected chi connectivity index (χ0v) is 13.4. The Bertz CT molecular complexity index is 789. The summed E-state index contributed by atoms with van der Waals surface area (Å²) >= 11 is 0. The monoisotopic (exact) mass is 325 g/mol. The second-order valence-electron chi connectivity index (χ2n) is 5.78. The number of nitrogens with zero attached hydrogens (tertiary/aromatic N) is 1. The molecular weight excluding hydrogens is 306 g/mol. The quantitative estimate of drug-likeness (QED) is 0.901. The van der Waals surface area contributed by atoms with E-state index in [9.17, 15) is 9.59 Å². The van der Waals surface area contributed by atoms with E-state index in [1.165, 1.54) is 24.9 Å². The number of carbonyl (C=O) groups is 2. The summed E-state index contributed by atoms with van der Waals surface area (Å²) in [5.74, 6) is -0.819. The van der Waals surface area contributed by atoms with Gasteiger partial charge in [-0.2, -0.15) is 0 Å². The van der Waals surface area contributed by atoms with Gasteiger partial charge < -0.3 is 15.8 Å². The Labute approximate surface area is 140 Å². The Morgan fingerprint density at radius 1 is 1.33 bits per heavy atom. The highest BCUT2D eigenvalue weighted by Gasteiger charge is 2.26. The van der Waals surface area contributed by atoms with Crippen molar-refractivity contribution < 1.29 is 14.3 Å². The first-order chi connectivity index (χ1) is 11.6. The Balaban J connectivity index is 1.83. The number of aryl methyl sites for hydroxylation is 1. The molecule has 6 nitrogen and oxygen atoms in total. The number of carbonyl (C=O) groups excluding carboxylic acids is 2. The number of nitrogens with two attached hydrogens (primary N) is 1. The number of nitrogens with one attached hydrogen (secondary N) is 1. The van der Waals surface area contributed by atoms with Crippen LogP contribution in [0.15, 0.2) is 36.5 Å². The lowest BCUT2D eigenvalue weighted by molar-refractivity contribution is -0.117. The van der Waals surface area contributed by atoms with E-state index >= 15 is 0 Å². The number of benzene rings is 1. The number of aromatic nitrogens is 1. The number of methoxy groups -OCH3 is 1. The number of pyridine rings is 1. The second-order valence-corrected chi connectivity index (χ2v) is 5.78. The average molecular weight is 325 g/mol. The minimum atomic E-state index is -0.654. The number of ether oxygens (including phenoxy) is 1. The molecule has 1 aliphatic rings. The van der Waals surface area contributed by atoms with Crippen LogP contribution in [0.3, 0.4) is 0 Å². The van der Waals surface area contributed by atoms with Crippen LogP contribution >= 0.6 is 0 Å². The Morgan fingerprint density at radius 3 is 2.88 bits per heavy atom. The van der Waals surface area contributed by atoms with Crippen molar-refractivity contribution in [1.29, 1.82) is 0 Å². The molecule has 1 aromatic carbocycles. The standard InChI is InChI=1S/C18H19N3O3/c1-24-18-15(16(19)22)9-12(10-20-18)21-17(23)14-8-4-6-11-5-2-3-7-13(11)14/h2-3,5,7,9-10,14H,4,6,8H2,1H3,(H2,19,22)(H,21,23). The van der Waals surface area contributed by atoms with E-state index in [4.69, 9.17) is 10.5 Å². The highest BCUT2D eigenvalue weighted by Crippen LogP contribution is 2.32. The zero-order chi connectivity index (χ0) is 17.1. The summed E-state index contributed by atoms with van der Waals surface area (Å²) in [6, 6.07) is 9.49. The van der Waals surface area contributed by atoms with Crippen LogP contribution in [-0.2, 0) is 11.2 Å². The van der Waals surface area contributed by atoms with Crippen molar-refractivity contribution in [3.05, 3.63) is 53.2 Å². The molecule has 0 radical (unpaired) electrons. The maximum Gasteiger partial charge on any atom is 0.254 e. The van der Waals surface area contributed by atoms with Crippen molar-refractivity contribution in [3.8, 4) is 5.88 Å². The fourth-order valence-electron chi connectivity index (χ4n) is 3.12. The van der Waals surface area contributed by atoms with Gasteiger partial charge in [-0.3, -0.25) is 9.59 Å². The van der Waals surface area contributed by atoms with Crippen molar-refractivity contribution in [1.82, 2.24) is 4.98 Å². The van der Waals surface area contributed by atoms with Crippen LogP contribution in [-0.4, -0.2) is 23.9 Å². The number of amides is 2. The number of primary amides is 1. The first-order valence-corrected chi connectivity index (χ1v) is 7.82. The molecule has 0 spiro atoms. The van der Waals surface area contributed by atoms with E-state index in [0.29, 0.717) is 5.69 Å². The van der Waals surface area contributed by atoms with Gasteiger partial charge in [0, 0.05) is 0 Å². The van der Waals surface area contributed by atoms with E-state index < -0.39 is 5.91 Å². The highest BCUT2D eigenvalue weighted by atomic mass is 16.5. The lowest BCUT2D eigenvalue weighted by atomic mass is 9.82. The third-order valence-electron chi connectivity index (χ3n) is 4.26. The fourth-order valence-corrected chi connectivity index (χ4v) is 3.12. The molecule has 1 unspecified atom stereocenters. The summed E-state index contributed by atoms with van der Waals surface area (Å²) in [4.78, 5) is 28.2. The molecule has 2 amide bonds. The molecule has 1 aliphatic carbocycles. The van der Waals surface area contributed by atoms with Crippen molar-refractivity contribution in [2.75, 3.05) is 12.4 Å². The molecule has 124 valence electrons. The van der Waals surface area contributed by atoms with Crippen LogP contribution in [0, 0.1) is 0 Å². The molecule has 0 fully saturated rings. The zero-order valence-electron chi connectivity index (χ0n) is 13.4. The third-order valence-corrected chi connectivity index (χ3v) is 4.26. The predicted molar refractivity (Wildman–Crippen MR) is 90.1 cm³/mol. The molecule has 1 atom stereocenters. The van der Waals surface area contributed by atoms with Gasteiger partial charge in [0.25, 0.3) is 5.91 Å². The van der Waals surface area contributed by atoms with E-state index in [1.54, 1.807) is 0 Å². The Kier molecular flexibility index (Phi) is 4.46. The summed E-state index contributed by atoms with van der Waals surface area (Å²) in [7, 11) is 1.41. The summed E-state index contributed by atoms with van der Waals surface area (Å²) in [6.45, 7) is 0. The molecule has 0 aliphatic heterocycles. The second kappa shape index (κ2) is 6.70. The van der Waals surface area contributed by atoms with Gasteiger partial charge >= 0.3 is 0 Å². The molecule has 1 aromatic heterocycles. The van der Waals surface area contributed by atoms with Gasteiger partial charge in [0.15, 0.2) is 0 Å². The summed E-state index contributed by atoms with van der Waals surface area (Å²) < 4.78 is 5.00. The van der Waals surface area contributed by atoms with Crippen LogP contribution in [0.25, 0.3) is 0 Å². The molecule has 0 bridgehead atoms. The summed E-state index contributed by atoms with van der Waals surface area (Å²) in [5, 5.41) is 2.83. The molecule has 3 rings (SSSR count). The van der Waals surface area contributed by atoms with Gasteiger partial charge in [-0.25, -0.2) is 4.98 Å². The van der Waals surface area contributed by atoms with Crippen LogP contribution < -0.4 is 15.8 Å². The van der Waals surface area contributed by atoms with Gasteiger partial charge in [-0.05, 0) is 36.5 Å². The number of hydrogen-bond acceptors (Lipinski definition) is 4. The van der Waals surface area contributed by atoms with Crippen LogP contribution in [0.4, 0.5) is 5.69 Å². The molecule has 3 N–H and O–H groups in total. The fraction of sp³-hybridized carbons (Fsp3) is 0.278. The van der Waals surface area contributed by atoms with E-state index in [1.807, 2.05) is 18.2 Å². The maximum absolute atomic E-state index is 12.7. The largest absolute Gasteiger partial charge is 0.480 e. The topological polar surface area (TPSA) is 94.3 Å². The van der Waals surface area contributed by atoms with Gasteiger partial charge in [0.05, 0.1) is 24.9 Å².